The highest BCUT2D eigenvalue weighted by Crippen LogP contribution is 2.24. The van der Waals surface area contributed by atoms with E-state index < -0.39 is 10.0 Å². The second-order valence-electron chi connectivity index (χ2n) is 5.04. The molecule has 8 heteroatoms. The van der Waals surface area contributed by atoms with Crippen molar-refractivity contribution in [2.45, 2.75) is 30.4 Å². The summed E-state index contributed by atoms with van der Waals surface area (Å²) in [6.07, 6.45) is 0.731. The molecule has 0 bridgehead atoms. The molecule has 1 fully saturated rings. The lowest BCUT2D eigenvalue weighted by Gasteiger charge is -2.27. The molecule has 1 aromatic rings. The summed E-state index contributed by atoms with van der Waals surface area (Å²) in [5.74, 6) is -0.255. The Bertz CT molecular complexity index is 662. The first-order valence-electron chi connectivity index (χ1n) is 6.43. The third-order valence-corrected chi connectivity index (χ3v) is 5.54. The fourth-order valence-electron chi connectivity index (χ4n) is 2.44. The summed E-state index contributed by atoms with van der Waals surface area (Å²) in [4.78, 5) is 14.0. The number of carbonyl (C=O) groups excluding carboxylic acids is 1. The smallest absolute Gasteiger partial charge is 0.253 e. The Labute approximate surface area is 132 Å². The van der Waals surface area contributed by atoms with Gasteiger partial charge in [-0.1, -0.05) is 0 Å². The van der Waals surface area contributed by atoms with Gasteiger partial charge in [0.05, 0.1) is 17.0 Å². The van der Waals surface area contributed by atoms with E-state index in [4.69, 9.17) is 9.88 Å². The summed E-state index contributed by atoms with van der Waals surface area (Å²) in [5, 5.41) is 5.14. The second kappa shape index (κ2) is 6.04. The maximum absolute atomic E-state index is 12.5. The predicted octanol–water partition coefficient (Wildman–Crippen LogP) is 1.35. The van der Waals surface area contributed by atoms with Gasteiger partial charge in [-0.2, -0.15) is 0 Å². The van der Waals surface area contributed by atoms with Crippen molar-refractivity contribution in [3.63, 3.8) is 0 Å². The average molecular weight is 377 g/mol. The maximum Gasteiger partial charge on any atom is 0.253 e. The van der Waals surface area contributed by atoms with Crippen molar-refractivity contribution in [2.75, 3.05) is 13.7 Å². The number of likely N-dealkylation sites (N-methyl/N-ethyl adjacent to an activating group) is 1. The molecule has 6 nitrogen and oxygen atoms in total. The van der Waals surface area contributed by atoms with Gasteiger partial charge in [0.15, 0.2) is 0 Å². The van der Waals surface area contributed by atoms with Gasteiger partial charge in [0.1, 0.15) is 0 Å². The van der Waals surface area contributed by atoms with Crippen LogP contribution in [0.15, 0.2) is 27.6 Å². The number of ether oxygens (including phenoxy) is 1. The number of primary sulfonamides is 1. The highest BCUT2D eigenvalue weighted by Gasteiger charge is 2.31. The lowest BCUT2D eigenvalue weighted by atomic mass is 10.1. The van der Waals surface area contributed by atoms with Crippen LogP contribution in [0.4, 0.5) is 0 Å². The quantitative estimate of drug-likeness (QED) is 0.861. The fourth-order valence-corrected chi connectivity index (χ4v) is 3.99. The van der Waals surface area contributed by atoms with Gasteiger partial charge in [0, 0.05) is 23.7 Å². The molecule has 1 aromatic carbocycles. The number of sulfonamides is 1. The van der Waals surface area contributed by atoms with Crippen molar-refractivity contribution < 1.29 is 17.9 Å². The van der Waals surface area contributed by atoms with E-state index in [-0.39, 0.29) is 28.5 Å². The van der Waals surface area contributed by atoms with Crippen LogP contribution in [0.1, 0.15) is 23.7 Å². The number of carbonyl (C=O) groups is 1. The summed E-state index contributed by atoms with van der Waals surface area (Å²) in [6.45, 7) is 2.53. The van der Waals surface area contributed by atoms with Crippen molar-refractivity contribution in [3.8, 4) is 0 Å². The van der Waals surface area contributed by atoms with Crippen LogP contribution in [0.3, 0.4) is 0 Å². The van der Waals surface area contributed by atoms with Crippen LogP contribution in [0.25, 0.3) is 0 Å². The van der Waals surface area contributed by atoms with Crippen LogP contribution in [0.5, 0.6) is 0 Å². The molecule has 1 aliphatic heterocycles. The molecule has 2 atom stereocenters. The molecular formula is C13H17BrN2O4S. The molecule has 0 saturated carbocycles. The number of hydrogen-bond acceptors (Lipinski definition) is 4. The Morgan fingerprint density at radius 3 is 2.67 bits per heavy atom. The molecule has 1 heterocycles. The first-order chi connectivity index (χ1) is 9.71. The zero-order valence-electron chi connectivity index (χ0n) is 11.7. The van der Waals surface area contributed by atoms with Gasteiger partial charge in [0.25, 0.3) is 5.91 Å². The highest BCUT2D eigenvalue weighted by atomic mass is 79.9. The van der Waals surface area contributed by atoms with E-state index in [1.807, 2.05) is 6.92 Å². The number of hydrogen-bond donors (Lipinski definition) is 1. The van der Waals surface area contributed by atoms with E-state index in [0.29, 0.717) is 11.1 Å². The molecule has 21 heavy (non-hydrogen) atoms. The Kier molecular flexibility index (Phi) is 4.72. The molecule has 116 valence electrons. The normalized spacial score (nSPS) is 22.3. The number of benzene rings is 1. The first-order valence-corrected chi connectivity index (χ1v) is 8.77. The van der Waals surface area contributed by atoms with Crippen LogP contribution in [0, 0.1) is 0 Å². The van der Waals surface area contributed by atoms with Crippen molar-refractivity contribution >= 4 is 31.9 Å². The minimum Gasteiger partial charge on any atom is -0.376 e. The van der Waals surface area contributed by atoms with Crippen molar-refractivity contribution in [1.29, 1.82) is 0 Å². The summed E-state index contributed by atoms with van der Waals surface area (Å²) in [6, 6.07) is 4.35. The van der Waals surface area contributed by atoms with Crippen molar-refractivity contribution in [2.24, 2.45) is 5.14 Å². The van der Waals surface area contributed by atoms with Gasteiger partial charge in [-0.05, 0) is 47.5 Å². The van der Waals surface area contributed by atoms with Gasteiger partial charge in [0.2, 0.25) is 10.0 Å². The SMILES string of the molecule is CC1OCCC1N(C)C(=O)c1ccc(Br)c(S(N)(=O)=O)c1. The van der Waals surface area contributed by atoms with Crippen molar-refractivity contribution in [1.82, 2.24) is 4.90 Å². The van der Waals surface area contributed by atoms with Gasteiger partial charge >= 0.3 is 0 Å². The van der Waals surface area contributed by atoms with Crippen LogP contribution in [-0.2, 0) is 14.8 Å². The molecule has 1 aliphatic rings. The van der Waals surface area contributed by atoms with Gasteiger partial charge in [-0.15, -0.1) is 0 Å². The monoisotopic (exact) mass is 376 g/mol. The molecule has 0 radical (unpaired) electrons. The number of nitrogens with two attached hydrogens (primary N) is 1. The van der Waals surface area contributed by atoms with E-state index in [0.717, 1.165) is 6.42 Å². The van der Waals surface area contributed by atoms with Gasteiger partial charge < -0.3 is 9.64 Å². The minimum absolute atomic E-state index is 0.0147. The van der Waals surface area contributed by atoms with E-state index in [1.54, 1.807) is 18.0 Å². The highest BCUT2D eigenvalue weighted by molar-refractivity contribution is 9.10. The lowest BCUT2D eigenvalue weighted by molar-refractivity contribution is 0.0574. The number of amides is 1. The largest absolute Gasteiger partial charge is 0.376 e. The topological polar surface area (TPSA) is 89.7 Å². The van der Waals surface area contributed by atoms with Gasteiger partial charge in [-0.3, -0.25) is 4.79 Å². The molecule has 0 aliphatic carbocycles. The molecular weight excluding hydrogens is 360 g/mol. The second-order valence-corrected chi connectivity index (χ2v) is 7.42. The molecule has 2 rings (SSSR count). The minimum atomic E-state index is -3.89. The summed E-state index contributed by atoms with van der Waals surface area (Å²) >= 11 is 3.12. The summed E-state index contributed by atoms with van der Waals surface area (Å²) in [7, 11) is -2.20. The first kappa shape index (κ1) is 16.4. The van der Waals surface area contributed by atoms with Crippen molar-refractivity contribution in [3.05, 3.63) is 28.2 Å². The summed E-state index contributed by atoms with van der Waals surface area (Å²) < 4.78 is 28.8. The van der Waals surface area contributed by atoms with E-state index in [1.165, 1.54) is 12.1 Å². The van der Waals surface area contributed by atoms with E-state index in [2.05, 4.69) is 15.9 Å². The number of rotatable bonds is 3. The zero-order valence-corrected chi connectivity index (χ0v) is 14.1. The maximum atomic E-state index is 12.5. The van der Waals surface area contributed by atoms with E-state index >= 15 is 0 Å². The van der Waals surface area contributed by atoms with Crippen LogP contribution in [0.2, 0.25) is 0 Å². The average Bonchev–Trinajstić information content (AvgIpc) is 2.82. The fraction of sp³-hybridized carbons (Fsp3) is 0.462. The van der Waals surface area contributed by atoms with Crippen LogP contribution < -0.4 is 5.14 Å². The Morgan fingerprint density at radius 2 is 2.14 bits per heavy atom. The standard InChI is InChI=1S/C13H17BrN2O4S/c1-8-11(5-6-20-8)16(2)13(17)9-3-4-10(14)12(7-9)21(15,18)19/h3-4,7-8,11H,5-6H2,1-2H3,(H2,15,18,19). The number of nitrogens with zero attached hydrogens (tertiary/aromatic N) is 1. The molecule has 1 amide bonds. The summed E-state index contributed by atoms with van der Waals surface area (Å²) in [5.41, 5.74) is 0.281. The number of halogens is 1. The molecule has 2 unspecified atom stereocenters. The molecule has 0 spiro atoms. The Morgan fingerprint density at radius 1 is 1.48 bits per heavy atom. The lowest BCUT2D eigenvalue weighted by Crippen LogP contribution is -2.41. The molecule has 2 N–H and O–H groups in total. The third-order valence-electron chi connectivity index (χ3n) is 3.64. The molecule has 1 saturated heterocycles. The zero-order chi connectivity index (χ0) is 15.8. The van der Waals surface area contributed by atoms with Crippen LogP contribution in [-0.4, -0.2) is 45.0 Å². The van der Waals surface area contributed by atoms with Gasteiger partial charge in [-0.25, -0.2) is 13.6 Å². The van der Waals surface area contributed by atoms with Crippen LogP contribution >= 0.6 is 15.9 Å². The predicted molar refractivity (Wildman–Crippen MR) is 81.4 cm³/mol. The Balaban J connectivity index is 2.32. The Hall–Kier alpha value is -0.960. The van der Waals surface area contributed by atoms with E-state index in [9.17, 15) is 13.2 Å². The third kappa shape index (κ3) is 3.45. The molecule has 0 aromatic heterocycles.